The Labute approximate surface area is 210 Å². The molecule has 0 radical (unpaired) electrons. The van der Waals surface area contributed by atoms with Crippen LogP contribution in [0.15, 0.2) is 35.9 Å². The zero-order valence-electron chi connectivity index (χ0n) is 22.1. The van der Waals surface area contributed by atoms with Gasteiger partial charge in [-0.2, -0.15) is 0 Å². The Morgan fingerprint density at radius 3 is 2.63 bits per heavy atom. The summed E-state index contributed by atoms with van der Waals surface area (Å²) in [6.45, 7) is 10.2. The third-order valence-electron chi connectivity index (χ3n) is 7.40. The molecule has 1 aromatic carbocycles. The lowest BCUT2D eigenvalue weighted by Gasteiger charge is -2.41. The zero-order valence-corrected chi connectivity index (χ0v) is 22.1. The lowest BCUT2D eigenvalue weighted by molar-refractivity contribution is -0.134. The van der Waals surface area contributed by atoms with Gasteiger partial charge in [-0.1, -0.05) is 30.7 Å². The molecule has 1 N–H and O–H groups in total. The Bertz CT molecular complexity index is 890. The maximum Gasteiger partial charge on any atom is 0.325 e. The van der Waals surface area contributed by atoms with Gasteiger partial charge < -0.3 is 19.7 Å². The predicted octanol–water partition coefficient (Wildman–Crippen LogP) is 4.27. The Kier molecular flexibility index (Phi) is 9.75. The summed E-state index contributed by atoms with van der Waals surface area (Å²) in [4.78, 5) is 30.5. The summed E-state index contributed by atoms with van der Waals surface area (Å²) in [7, 11) is 3.22. The van der Waals surface area contributed by atoms with Gasteiger partial charge in [0.2, 0.25) is 0 Å². The minimum Gasteiger partial charge on any atom is -0.497 e. The quantitative estimate of drug-likeness (QED) is 0.354. The van der Waals surface area contributed by atoms with Crippen LogP contribution >= 0.6 is 0 Å². The number of rotatable bonds is 12. The van der Waals surface area contributed by atoms with Crippen LogP contribution in [0.5, 0.6) is 5.75 Å². The number of piperidine rings is 1. The number of methoxy groups -OCH3 is 2. The highest BCUT2D eigenvalue weighted by Crippen LogP contribution is 2.37. The number of ether oxygens (including phenoxy) is 2. The Hall–Kier alpha value is -2.38. The van der Waals surface area contributed by atoms with Crippen molar-refractivity contribution in [1.82, 2.24) is 15.1 Å². The van der Waals surface area contributed by atoms with Crippen molar-refractivity contribution >= 4 is 11.9 Å². The molecule has 0 saturated carbocycles. The van der Waals surface area contributed by atoms with E-state index in [9.17, 15) is 9.59 Å². The number of amides is 3. The fourth-order valence-corrected chi connectivity index (χ4v) is 5.47. The Balaban J connectivity index is 1.72. The van der Waals surface area contributed by atoms with Gasteiger partial charge in [0.1, 0.15) is 11.3 Å². The maximum absolute atomic E-state index is 13.8. The molecular formula is C28H43N3O4. The third-order valence-corrected chi connectivity index (χ3v) is 7.40. The fraction of sp³-hybridized carbons (Fsp3) is 0.643. The first-order valence-corrected chi connectivity index (χ1v) is 12.9. The van der Waals surface area contributed by atoms with Crippen LogP contribution in [-0.4, -0.2) is 74.3 Å². The van der Waals surface area contributed by atoms with Gasteiger partial charge >= 0.3 is 6.03 Å². The average molecular weight is 486 g/mol. The van der Waals surface area contributed by atoms with Crippen LogP contribution in [0.25, 0.3) is 0 Å². The molecule has 2 aliphatic heterocycles. The number of urea groups is 1. The molecule has 2 saturated heterocycles. The van der Waals surface area contributed by atoms with Crippen molar-refractivity contribution in [2.75, 3.05) is 47.0 Å². The molecule has 7 nitrogen and oxygen atoms in total. The minimum absolute atomic E-state index is 0.0786. The van der Waals surface area contributed by atoms with Gasteiger partial charge in [-0.15, -0.1) is 0 Å². The van der Waals surface area contributed by atoms with E-state index < -0.39 is 5.54 Å². The molecule has 35 heavy (non-hydrogen) atoms. The summed E-state index contributed by atoms with van der Waals surface area (Å²) < 4.78 is 10.6. The van der Waals surface area contributed by atoms with Crippen LogP contribution < -0.4 is 10.1 Å². The fourth-order valence-electron chi connectivity index (χ4n) is 5.47. The lowest BCUT2D eigenvalue weighted by atomic mass is 9.73. The summed E-state index contributed by atoms with van der Waals surface area (Å²) in [6.07, 6.45) is 6.86. The molecule has 2 aliphatic rings. The van der Waals surface area contributed by atoms with E-state index in [1.54, 1.807) is 14.2 Å². The van der Waals surface area contributed by atoms with Crippen molar-refractivity contribution in [3.05, 3.63) is 41.5 Å². The number of imide groups is 1. The molecule has 3 rings (SSSR count). The van der Waals surface area contributed by atoms with Gasteiger partial charge in [-0.25, -0.2) is 4.79 Å². The van der Waals surface area contributed by atoms with E-state index in [4.69, 9.17) is 9.47 Å². The van der Waals surface area contributed by atoms with Crippen molar-refractivity contribution in [3.8, 4) is 5.75 Å². The largest absolute Gasteiger partial charge is 0.497 e. The second kappa shape index (κ2) is 12.5. The number of nitrogens with one attached hydrogen (secondary N) is 1. The first kappa shape index (κ1) is 27.2. The lowest BCUT2D eigenvalue weighted by Crippen LogP contribution is -2.57. The number of carbonyl (C=O) groups excluding carboxylic acids is 2. The topological polar surface area (TPSA) is 71.1 Å². The third kappa shape index (κ3) is 6.85. The Morgan fingerprint density at radius 1 is 1.23 bits per heavy atom. The van der Waals surface area contributed by atoms with Crippen LogP contribution in [0.2, 0.25) is 0 Å². The molecule has 2 fully saturated rings. The number of hydrogen-bond acceptors (Lipinski definition) is 5. The average Bonchev–Trinajstić information content (AvgIpc) is 3.07. The van der Waals surface area contributed by atoms with E-state index in [0.717, 1.165) is 50.2 Å². The van der Waals surface area contributed by atoms with Crippen molar-refractivity contribution in [1.29, 1.82) is 0 Å². The monoisotopic (exact) mass is 485 g/mol. The second-order valence-electron chi connectivity index (χ2n) is 10.4. The summed E-state index contributed by atoms with van der Waals surface area (Å²) >= 11 is 0. The van der Waals surface area contributed by atoms with E-state index in [1.807, 2.05) is 24.3 Å². The van der Waals surface area contributed by atoms with Gasteiger partial charge in [0.15, 0.2) is 0 Å². The highest BCUT2D eigenvalue weighted by molar-refractivity contribution is 6.07. The van der Waals surface area contributed by atoms with Gasteiger partial charge in [0.25, 0.3) is 5.91 Å². The number of carbonyl (C=O) groups is 2. The second-order valence-corrected chi connectivity index (χ2v) is 10.4. The number of hydrogen-bond donors (Lipinski definition) is 1. The van der Waals surface area contributed by atoms with Crippen molar-refractivity contribution < 1.29 is 19.1 Å². The zero-order chi connectivity index (χ0) is 25.4. The number of benzene rings is 1. The summed E-state index contributed by atoms with van der Waals surface area (Å²) in [5.41, 5.74) is 1.43. The first-order chi connectivity index (χ1) is 16.8. The number of allylic oxidation sites excluding steroid dienone is 2. The first-order valence-electron chi connectivity index (χ1n) is 12.9. The predicted molar refractivity (Wildman–Crippen MR) is 139 cm³/mol. The van der Waals surface area contributed by atoms with Crippen LogP contribution in [0.4, 0.5) is 4.79 Å². The van der Waals surface area contributed by atoms with Crippen molar-refractivity contribution in [2.45, 2.75) is 58.4 Å². The maximum atomic E-state index is 13.8. The summed E-state index contributed by atoms with van der Waals surface area (Å²) in [6, 6.07) is 7.48. The summed E-state index contributed by atoms with van der Waals surface area (Å²) in [5.74, 6) is 1.33. The summed E-state index contributed by atoms with van der Waals surface area (Å²) in [5, 5.41) is 3.14. The van der Waals surface area contributed by atoms with Crippen LogP contribution in [-0.2, 0) is 16.0 Å². The number of nitrogens with zero attached hydrogens (tertiary/aromatic N) is 2. The van der Waals surface area contributed by atoms with E-state index in [1.165, 1.54) is 16.9 Å². The van der Waals surface area contributed by atoms with Gasteiger partial charge in [0, 0.05) is 20.1 Å². The SMILES string of the molecule is COCCN1C(=O)NC(Cc2cccc(OC)c2)(C2CCN(CC(C)CCC=C(C)C)CC2)C1=O. The molecule has 0 spiro atoms. The molecule has 1 aromatic rings. The molecule has 194 valence electrons. The number of likely N-dealkylation sites (tertiary alicyclic amines) is 1. The molecule has 0 bridgehead atoms. The van der Waals surface area contributed by atoms with Gasteiger partial charge in [-0.05, 0) is 82.2 Å². The Morgan fingerprint density at radius 2 is 1.97 bits per heavy atom. The van der Waals surface area contributed by atoms with Gasteiger partial charge in [-0.3, -0.25) is 9.69 Å². The van der Waals surface area contributed by atoms with Crippen LogP contribution in [0.1, 0.15) is 52.0 Å². The molecule has 0 aromatic heterocycles. The van der Waals surface area contributed by atoms with E-state index in [0.29, 0.717) is 18.9 Å². The smallest absolute Gasteiger partial charge is 0.325 e. The normalized spacial score (nSPS) is 22.3. The van der Waals surface area contributed by atoms with Crippen LogP contribution in [0, 0.1) is 11.8 Å². The van der Waals surface area contributed by atoms with Crippen molar-refractivity contribution in [3.63, 3.8) is 0 Å². The van der Waals surface area contributed by atoms with Gasteiger partial charge in [0.05, 0.1) is 20.3 Å². The van der Waals surface area contributed by atoms with E-state index in [2.05, 4.69) is 37.1 Å². The minimum atomic E-state index is -0.932. The van der Waals surface area contributed by atoms with E-state index >= 15 is 0 Å². The molecule has 3 amide bonds. The molecule has 2 unspecified atom stereocenters. The standard InChI is InChI=1S/C28H43N3O4/c1-21(2)8-6-9-22(3)20-30-14-12-24(13-15-30)28(19-23-10-7-11-25(18-23)35-5)26(32)31(16-17-34-4)27(33)29-28/h7-8,10-11,18,22,24H,6,9,12-17,19-20H2,1-5H3,(H,29,33). The molecule has 7 heteroatoms. The van der Waals surface area contributed by atoms with Crippen LogP contribution in [0.3, 0.4) is 0 Å². The highest BCUT2D eigenvalue weighted by atomic mass is 16.5. The molecular weight excluding hydrogens is 442 g/mol. The van der Waals surface area contributed by atoms with E-state index in [-0.39, 0.29) is 24.4 Å². The molecule has 2 heterocycles. The van der Waals surface area contributed by atoms with Crippen molar-refractivity contribution in [2.24, 2.45) is 11.8 Å². The molecule has 2 atom stereocenters. The molecule has 0 aliphatic carbocycles. The highest BCUT2D eigenvalue weighted by Gasteiger charge is 2.55.